The Morgan fingerprint density at radius 2 is 1.77 bits per heavy atom. The maximum atomic E-state index is 12.5. The highest BCUT2D eigenvalue weighted by atomic mass is 19.4. The van der Waals surface area contributed by atoms with Gasteiger partial charge in [-0.15, -0.1) is 0 Å². The number of rotatable bonds is 6. The van der Waals surface area contributed by atoms with Crippen molar-refractivity contribution in [1.82, 2.24) is 16.0 Å². The fourth-order valence-corrected chi connectivity index (χ4v) is 2.07. The zero-order valence-corrected chi connectivity index (χ0v) is 14.1. The van der Waals surface area contributed by atoms with E-state index in [-0.39, 0.29) is 11.7 Å². The van der Waals surface area contributed by atoms with E-state index >= 15 is 0 Å². The molecule has 0 spiro atoms. The molecule has 9 heteroatoms. The minimum absolute atomic E-state index is 0.231. The second-order valence-electron chi connectivity index (χ2n) is 5.28. The third-order valence-corrected chi connectivity index (χ3v) is 3.41. The average Bonchev–Trinajstić information content (AvgIpc) is 3.15. The summed E-state index contributed by atoms with van der Waals surface area (Å²) >= 11 is 0. The van der Waals surface area contributed by atoms with E-state index in [4.69, 9.17) is 4.42 Å². The van der Waals surface area contributed by atoms with E-state index in [0.29, 0.717) is 31.2 Å². The summed E-state index contributed by atoms with van der Waals surface area (Å²) in [5.41, 5.74) is 0.00290. The van der Waals surface area contributed by atoms with Gasteiger partial charge in [0.1, 0.15) is 0 Å². The summed E-state index contributed by atoms with van der Waals surface area (Å²) in [7, 11) is 1.57. The SMILES string of the molecule is CN=C(NCCNC(=O)c1ccco1)NCc1ccc(C(F)(F)F)cc1. The Balaban J connectivity index is 1.71. The molecule has 0 radical (unpaired) electrons. The molecule has 0 saturated carbocycles. The fraction of sp³-hybridized carbons (Fsp3) is 0.294. The van der Waals surface area contributed by atoms with Crippen molar-refractivity contribution in [3.8, 4) is 0 Å². The highest BCUT2D eigenvalue weighted by Crippen LogP contribution is 2.28. The summed E-state index contributed by atoms with van der Waals surface area (Å²) in [6.07, 6.45) is -2.93. The minimum atomic E-state index is -4.34. The van der Waals surface area contributed by atoms with Gasteiger partial charge < -0.3 is 20.4 Å². The van der Waals surface area contributed by atoms with Gasteiger partial charge in [-0.1, -0.05) is 12.1 Å². The number of hydrogen-bond donors (Lipinski definition) is 3. The van der Waals surface area contributed by atoms with Crippen LogP contribution in [0.15, 0.2) is 52.1 Å². The predicted octanol–water partition coefficient (Wildman–Crippen LogP) is 2.39. The summed E-state index contributed by atoms with van der Waals surface area (Å²) in [5, 5.41) is 8.65. The van der Waals surface area contributed by atoms with Crippen molar-refractivity contribution in [1.29, 1.82) is 0 Å². The zero-order valence-electron chi connectivity index (χ0n) is 14.1. The van der Waals surface area contributed by atoms with Crippen molar-refractivity contribution < 1.29 is 22.4 Å². The molecule has 0 atom stereocenters. The molecule has 1 aromatic heterocycles. The molecule has 1 amide bonds. The van der Waals surface area contributed by atoms with E-state index in [9.17, 15) is 18.0 Å². The maximum Gasteiger partial charge on any atom is 0.416 e. The second kappa shape index (κ2) is 8.93. The van der Waals surface area contributed by atoms with Crippen molar-refractivity contribution in [3.63, 3.8) is 0 Å². The van der Waals surface area contributed by atoms with E-state index in [1.165, 1.54) is 18.4 Å². The van der Waals surface area contributed by atoms with Crippen molar-refractivity contribution in [2.45, 2.75) is 12.7 Å². The van der Waals surface area contributed by atoms with E-state index in [0.717, 1.165) is 12.1 Å². The standard InChI is InChI=1S/C17H19F3N4O2/c1-21-16(23-9-8-22-15(25)14-3-2-10-26-14)24-11-12-4-6-13(7-5-12)17(18,19)20/h2-7,10H,8-9,11H2,1H3,(H,22,25)(H2,21,23,24). The number of benzene rings is 1. The number of carbonyl (C=O) groups excluding carboxylic acids is 1. The summed E-state index contributed by atoms with van der Waals surface area (Å²) < 4.78 is 42.6. The predicted molar refractivity (Wildman–Crippen MR) is 90.7 cm³/mol. The first-order valence-electron chi connectivity index (χ1n) is 7.82. The summed E-state index contributed by atoms with van der Waals surface area (Å²) in [6, 6.07) is 8.08. The van der Waals surface area contributed by atoms with Gasteiger partial charge >= 0.3 is 6.18 Å². The van der Waals surface area contributed by atoms with Gasteiger partial charge in [0.2, 0.25) is 0 Å². The van der Waals surface area contributed by atoms with Crippen LogP contribution < -0.4 is 16.0 Å². The normalized spacial score (nSPS) is 11.9. The lowest BCUT2D eigenvalue weighted by Crippen LogP contribution is -2.41. The largest absolute Gasteiger partial charge is 0.459 e. The Hall–Kier alpha value is -2.97. The molecule has 3 N–H and O–H groups in total. The minimum Gasteiger partial charge on any atom is -0.459 e. The molecule has 1 heterocycles. The number of hydrogen-bond acceptors (Lipinski definition) is 3. The first kappa shape index (κ1) is 19.4. The van der Waals surface area contributed by atoms with Crippen LogP contribution >= 0.6 is 0 Å². The first-order valence-corrected chi connectivity index (χ1v) is 7.82. The van der Waals surface area contributed by atoms with Crippen LogP contribution in [0.4, 0.5) is 13.2 Å². The third-order valence-electron chi connectivity index (χ3n) is 3.41. The molecule has 1 aromatic carbocycles. The van der Waals surface area contributed by atoms with Crippen LogP contribution in [-0.4, -0.2) is 32.0 Å². The summed E-state index contributed by atoms with van der Waals surface area (Å²) in [4.78, 5) is 15.7. The molecule has 2 aromatic rings. The Kier molecular flexibility index (Phi) is 6.65. The van der Waals surface area contributed by atoms with Gasteiger partial charge in [-0.2, -0.15) is 13.2 Å². The highest BCUT2D eigenvalue weighted by Gasteiger charge is 2.29. The summed E-state index contributed by atoms with van der Waals surface area (Å²) in [5.74, 6) is 0.386. The highest BCUT2D eigenvalue weighted by molar-refractivity contribution is 5.91. The number of amides is 1. The van der Waals surface area contributed by atoms with Gasteiger partial charge in [-0.05, 0) is 29.8 Å². The number of furan rings is 1. The molecule has 0 aliphatic carbocycles. The molecule has 2 rings (SSSR count). The van der Waals surface area contributed by atoms with Crippen LogP contribution in [0, 0.1) is 0 Å². The van der Waals surface area contributed by atoms with Crippen LogP contribution in [0.3, 0.4) is 0 Å². The van der Waals surface area contributed by atoms with E-state index in [1.54, 1.807) is 19.2 Å². The summed E-state index contributed by atoms with van der Waals surface area (Å²) in [6.45, 7) is 1.08. The fourth-order valence-electron chi connectivity index (χ4n) is 2.07. The topological polar surface area (TPSA) is 78.7 Å². The Morgan fingerprint density at radius 3 is 2.35 bits per heavy atom. The lowest BCUT2D eigenvalue weighted by Gasteiger charge is -2.13. The van der Waals surface area contributed by atoms with E-state index in [2.05, 4.69) is 20.9 Å². The molecule has 0 fully saturated rings. The lowest BCUT2D eigenvalue weighted by molar-refractivity contribution is -0.137. The molecule has 140 valence electrons. The van der Waals surface area contributed by atoms with Crippen LogP contribution in [0.1, 0.15) is 21.7 Å². The third kappa shape index (κ3) is 5.83. The lowest BCUT2D eigenvalue weighted by atomic mass is 10.1. The monoisotopic (exact) mass is 368 g/mol. The van der Waals surface area contributed by atoms with Crippen molar-refractivity contribution in [2.75, 3.05) is 20.1 Å². The quantitative estimate of drug-likeness (QED) is 0.416. The number of alkyl halides is 3. The first-order chi connectivity index (χ1) is 12.4. The molecule has 0 aliphatic heterocycles. The van der Waals surface area contributed by atoms with Gasteiger partial charge in [0.05, 0.1) is 11.8 Å². The average molecular weight is 368 g/mol. The number of halogens is 3. The Morgan fingerprint density at radius 1 is 1.08 bits per heavy atom. The molecule has 0 saturated heterocycles. The Labute approximate surface area is 148 Å². The van der Waals surface area contributed by atoms with E-state index in [1.807, 2.05) is 0 Å². The maximum absolute atomic E-state index is 12.5. The molecule has 6 nitrogen and oxygen atoms in total. The van der Waals surface area contributed by atoms with Gasteiger partial charge in [0.25, 0.3) is 5.91 Å². The molecular weight excluding hydrogens is 349 g/mol. The zero-order chi connectivity index (χ0) is 19.0. The van der Waals surface area contributed by atoms with Gasteiger partial charge in [-0.3, -0.25) is 9.79 Å². The van der Waals surface area contributed by atoms with Crippen LogP contribution in [0.2, 0.25) is 0 Å². The molecule has 0 bridgehead atoms. The number of guanidine groups is 1. The van der Waals surface area contributed by atoms with Crippen LogP contribution in [0.5, 0.6) is 0 Å². The molecular formula is C17H19F3N4O2. The van der Waals surface area contributed by atoms with Crippen molar-refractivity contribution >= 4 is 11.9 Å². The molecule has 26 heavy (non-hydrogen) atoms. The molecule has 0 unspecified atom stereocenters. The van der Waals surface area contributed by atoms with Crippen molar-refractivity contribution in [3.05, 3.63) is 59.5 Å². The van der Waals surface area contributed by atoms with Gasteiger partial charge in [0, 0.05) is 26.7 Å². The van der Waals surface area contributed by atoms with E-state index < -0.39 is 11.7 Å². The number of aliphatic imine (C=N–C) groups is 1. The van der Waals surface area contributed by atoms with Crippen LogP contribution in [0.25, 0.3) is 0 Å². The van der Waals surface area contributed by atoms with Gasteiger partial charge in [-0.25, -0.2) is 0 Å². The van der Waals surface area contributed by atoms with Crippen molar-refractivity contribution in [2.24, 2.45) is 4.99 Å². The number of carbonyl (C=O) groups is 1. The smallest absolute Gasteiger partial charge is 0.416 e. The molecule has 0 aliphatic rings. The number of nitrogens with one attached hydrogen (secondary N) is 3. The Bertz CT molecular complexity index is 725. The van der Waals surface area contributed by atoms with Gasteiger partial charge in [0.15, 0.2) is 11.7 Å². The number of nitrogens with zero attached hydrogens (tertiary/aromatic N) is 1. The second-order valence-corrected chi connectivity index (χ2v) is 5.28. The van der Waals surface area contributed by atoms with Crippen LogP contribution in [-0.2, 0) is 12.7 Å².